The molecule has 0 aliphatic carbocycles. The van der Waals surface area contributed by atoms with Gasteiger partial charge in [0.05, 0.1) is 10.6 Å². The second-order valence-corrected chi connectivity index (χ2v) is 4.57. The molecule has 18 heavy (non-hydrogen) atoms. The first-order valence-electron chi connectivity index (χ1n) is 5.37. The number of rotatable bonds is 3. The van der Waals surface area contributed by atoms with E-state index < -0.39 is 0 Å². The van der Waals surface area contributed by atoms with E-state index in [1.54, 1.807) is 12.1 Å². The highest BCUT2D eigenvalue weighted by atomic mass is 35.5. The van der Waals surface area contributed by atoms with Crippen molar-refractivity contribution in [1.29, 1.82) is 5.26 Å². The van der Waals surface area contributed by atoms with Crippen molar-refractivity contribution in [2.75, 3.05) is 5.32 Å². The van der Waals surface area contributed by atoms with Crippen LogP contribution in [-0.2, 0) is 6.54 Å². The van der Waals surface area contributed by atoms with Crippen LogP contribution in [0, 0.1) is 11.3 Å². The highest BCUT2D eigenvalue weighted by Crippen LogP contribution is 2.22. The van der Waals surface area contributed by atoms with E-state index in [9.17, 15) is 0 Å². The predicted molar refractivity (Wildman–Crippen MR) is 74.9 cm³/mol. The topological polar surface area (TPSA) is 35.8 Å². The van der Waals surface area contributed by atoms with E-state index >= 15 is 0 Å². The van der Waals surface area contributed by atoms with Crippen LogP contribution in [-0.4, -0.2) is 0 Å². The Morgan fingerprint density at radius 2 is 1.83 bits per heavy atom. The maximum Gasteiger partial charge on any atom is 0.101 e. The number of hydrogen-bond acceptors (Lipinski definition) is 2. The standard InChI is InChI=1S/C14H10Cl2N2/c15-13-4-2-1-3-11(13)9-18-12-6-5-10(8-17)14(16)7-12/h1-7,18H,9H2. The van der Waals surface area contributed by atoms with Crippen LogP contribution < -0.4 is 5.32 Å². The zero-order valence-corrected chi connectivity index (χ0v) is 11.0. The summed E-state index contributed by atoms with van der Waals surface area (Å²) in [5.41, 5.74) is 2.35. The Morgan fingerprint density at radius 3 is 2.50 bits per heavy atom. The van der Waals surface area contributed by atoms with Gasteiger partial charge in [0, 0.05) is 17.3 Å². The van der Waals surface area contributed by atoms with Crippen LogP contribution in [0.1, 0.15) is 11.1 Å². The van der Waals surface area contributed by atoms with Gasteiger partial charge in [-0.15, -0.1) is 0 Å². The molecular weight excluding hydrogens is 267 g/mol. The third-order valence-electron chi connectivity index (χ3n) is 2.53. The zero-order chi connectivity index (χ0) is 13.0. The van der Waals surface area contributed by atoms with Crippen molar-refractivity contribution in [3.05, 3.63) is 63.6 Å². The fourth-order valence-corrected chi connectivity index (χ4v) is 1.98. The minimum atomic E-state index is 0.446. The monoisotopic (exact) mass is 276 g/mol. The summed E-state index contributed by atoms with van der Waals surface area (Å²) in [5.74, 6) is 0. The maximum absolute atomic E-state index is 8.78. The van der Waals surface area contributed by atoms with E-state index in [1.807, 2.05) is 36.4 Å². The fraction of sp³-hybridized carbons (Fsp3) is 0.0714. The smallest absolute Gasteiger partial charge is 0.101 e. The van der Waals surface area contributed by atoms with Crippen molar-refractivity contribution in [2.45, 2.75) is 6.54 Å². The van der Waals surface area contributed by atoms with Gasteiger partial charge in [-0.3, -0.25) is 0 Å². The number of anilines is 1. The van der Waals surface area contributed by atoms with Gasteiger partial charge in [-0.2, -0.15) is 5.26 Å². The predicted octanol–water partition coefficient (Wildman–Crippen LogP) is 4.48. The van der Waals surface area contributed by atoms with E-state index in [1.165, 1.54) is 0 Å². The Balaban J connectivity index is 2.10. The molecule has 0 heterocycles. The number of nitriles is 1. The number of benzene rings is 2. The number of hydrogen-bond donors (Lipinski definition) is 1. The molecule has 0 unspecified atom stereocenters. The number of nitrogens with zero attached hydrogens (tertiary/aromatic N) is 1. The second-order valence-electron chi connectivity index (χ2n) is 3.75. The Kier molecular flexibility index (Phi) is 4.09. The van der Waals surface area contributed by atoms with Gasteiger partial charge in [0.2, 0.25) is 0 Å². The van der Waals surface area contributed by atoms with Crippen molar-refractivity contribution >= 4 is 28.9 Å². The molecule has 0 bridgehead atoms. The molecule has 1 N–H and O–H groups in total. The summed E-state index contributed by atoms with van der Waals surface area (Å²) in [4.78, 5) is 0. The summed E-state index contributed by atoms with van der Waals surface area (Å²) in [6.45, 7) is 0.613. The molecule has 0 radical (unpaired) electrons. The van der Waals surface area contributed by atoms with Gasteiger partial charge in [-0.1, -0.05) is 41.4 Å². The Labute approximate surface area is 116 Å². The van der Waals surface area contributed by atoms with Crippen LogP contribution in [0.15, 0.2) is 42.5 Å². The van der Waals surface area contributed by atoms with Gasteiger partial charge in [-0.25, -0.2) is 0 Å². The molecule has 0 fully saturated rings. The van der Waals surface area contributed by atoms with Crippen LogP contribution >= 0.6 is 23.2 Å². The maximum atomic E-state index is 8.78. The van der Waals surface area contributed by atoms with E-state index in [0.29, 0.717) is 17.1 Å². The molecule has 0 aromatic heterocycles. The van der Waals surface area contributed by atoms with E-state index in [4.69, 9.17) is 28.5 Å². The summed E-state index contributed by atoms with van der Waals surface area (Å²) >= 11 is 12.0. The molecule has 2 nitrogen and oxygen atoms in total. The third kappa shape index (κ3) is 2.95. The van der Waals surface area contributed by atoms with Crippen molar-refractivity contribution < 1.29 is 0 Å². The van der Waals surface area contributed by atoms with E-state index in [2.05, 4.69) is 5.32 Å². The lowest BCUT2D eigenvalue weighted by molar-refractivity contribution is 1.15. The van der Waals surface area contributed by atoms with Crippen LogP contribution in [0.2, 0.25) is 10.0 Å². The van der Waals surface area contributed by atoms with Crippen molar-refractivity contribution in [3.63, 3.8) is 0 Å². The Hall–Kier alpha value is -1.69. The number of halogens is 2. The van der Waals surface area contributed by atoms with Crippen LogP contribution in [0.4, 0.5) is 5.69 Å². The number of nitrogens with one attached hydrogen (secondary N) is 1. The molecule has 2 rings (SSSR count). The first-order chi connectivity index (χ1) is 8.70. The highest BCUT2D eigenvalue weighted by molar-refractivity contribution is 6.32. The van der Waals surface area contributed by atoms with Crippen LogP contribution in [0.3, 0.4) is 0 Å². The zero-order valence-electron chi connectivity index (χ0n) is 9.45. The Morgan fingerprint density at radius 1 is 1.06 bits per heavy atom. The average molecular weight is 277 g/mol. The normalized spacial score (nSPS) is 9.83. The first kappa shape index (κ1) is 12.8. The molecule has 2 aromatic rings. The highest BCUT2D eigenvalue weighted by Gasteiger charge is 2.02. The lowest BCUT2D eigenvalue weighted by Crippen LogP contribution is -2.00. The quantitative estimate of drug-likeness (QED) is 0.898. The minimum absolute atomic E-state index is 0.446. The molecule has 0 aliphatic heterocycles. The van der Waals surface area contributed by atoms with Gasteiger partial charge < -0.3 is 5.32 Å². The molecule has 4 heteroatoms. The molecule has 0 saturated heterocycles. The Bertz CT molecular complexity index is 603. The van der Waals surface area contributed by atoms with Gasteiger partial charge in [0.15, 0.2) is 0 Å². The van der Waals surface area contributed by atoms with Gasteiger partial charge in [-0.05, 0) is 29.8 Å². The third-order valence-corrected chi connectivity index (χ3v) is 3.21. The van der Waals surface area contributed by atoms with E-state index in [-0.39, 0.29) is 0 Å². The summed E-state index contributed by atoms with van der Waals surface area (Å²) < 4.78 is 0. The van der Waals surface area contributed by atoms with Crippen molar-refractivity contribution in [1.82, 2.24) is 0 Å². The largest absolute Gasteiger partial charge is 0.381 e. The molecule has 0 aliphatic rings. The van der Waals surface area contributed by atoms with Gasteiger partial charge in [0.1, 0.15) is 6.07 Å². The molecule has 2 aromatic carbocycles. The SMILES string of the molecule is N#Cc1ccc(NCc2ccccc2Cl)cc1Cl. The molecule has 0 amide bonds. The van der Waals surface area contributed by atoms with Crippen molar-refractivity contribution in [2.24, 2.45) is 0 Å². The molecular formula is C14H10Cl2N2. The first-order valence-corrected chi connectivity index (χ1v) is 6.13. The summed E-state index contributed by atoms with van der Waals surface area (Å²) in [6.07, 6.45) is 0. The molecule has 0 atom stereocenters. The second kappa shape index (κ2) is 5.77. The fourth-order valence-electron chi connectivity index (χ4n) is 1.55. The average Bonchev–Trinajstić information content (AvgIpc) is 2.38. The summed E-state index contributed by atoms with van der Waals surface area (Å²) in [5, 5.41) is 13.2. The van der Waals surface area contributed by atoms with Gasteiger partial charge in [0.25, 0.3) is 0 Å². The minimum Gasteiger partial charge on any atom is -0.381 e. The van der Waals surface area contributed by atoms with Crippen LogP contribution in [0.25, 0.3) is 0 Å². The lowest BCUT2D eigenvalue weighted by atomic mass is 10.2. The lowest BCUT2D eigenvalue weighted by Gasteiger charge is -2.08. The van der Waals surface area contributed by atoms with Crippen LogP contribution in [0.5, 0.6) is 0 Å². The molecule has 0 spiro atoms. The molecule has 90 valence electrons. The van der Waals surface area contributed by atoms with E-state index in [0.717, 1.165) is 16.3 Å². The summed E-state index contributed by atoms with van der Waals surface area (Å²) in [7, 11) is 0. The van der Waals surface area contributed by atoms with Crippen molar-refractivity contribution in [3.8, 4) is 6.07 Å². The van der Waals surface area contributed by atoms with Gasteiger partial charge >= 0.3 is 0 Å². The molecule has 0 saturated carbocycles. The summed E-state index contributed by atoms with van der Waals surface area (Å²) in [6, 6.07) is 14.9.